The molecule has 0 radical (unpaired) electrons. The molecule has 82 valence electrons. The van der Waals surface area contributed by atoms with Crippen LogP contribution in [0.3, 0.4) is 0 Å². The summed E-state index contributed by atoms with van der Waals surface area (Å²) in [5.74, 6) is 0.421. The average Bonchev–Trinajstić information content (AvgIpc) is 2.81. The molecule has 0 spiro atoms. The second-order valence-electron chi connectivity index (χ2n) is 4.18. The van der Waals surface area contributed by atoms with Crippen LogP contribution in [0.15, 0.2) is 18.2 Å². The van der Waals surface area contributed by atoms with Gasteiger partial charge in [0.1, 0.15) is 0 Å². The monoisotopic (exact) mass is 244 g/mol. The molecule has 3 unspecified atom stereocenters. The van der Waals surface area contributed by atoms with Crippen molar-refractivity contribution in [1.82, 2.24) is 0 Å². The Balaban J connectivity index is 2.07. The summed E-state index contributed by atoms with van der Waals surface area (Å²) in [6.45, 7) is 4.27. The molecule has 15 heavy (non-hydrogen) atoms. The van der Waals surface area contributed by atoms with E-state index in [4.69, 9.17) is 27.9 Å². The quantitative estimate of drug-likeness (QED) is 0.724. The Hall–Kier alpha value is -0.240. The second kappa shape index (κ2) is 4.32. The minimum atomic E-state index is 0.409. The van der Waals surface area contributed by atoms with E-state index in [0.29, 0.717) is 23.1 Å². The Bertz CT molecular complexity index is 365. The fourth-order valence-corrected chi connectivity index (χ4v) is 2.45. The Kier molecular flexibility index (Phi) is 3.24. The average molecular weight is 245 g/mol. The van der Waals surface area contributed by atoms with E-state index >= 15 is 0 Å². The highest BCUT2D eigenvalue weighted by atomic mass is 35.5. The van der Waals surface area contributed by atoms with Crippen LogP contribution in [0.5, 0.6) is 0 Å². The van der Waals surface area contributed by atoms with Gasteiger partial charge in [0.2, 0.25) is 0 Å². The zero-order valence-corrected chi connectivity index (χ0v) is 10.3. The van der Waals surface area contributed by atoms with Gasteiger partial charge < -0.3 is 4.74 Å². The van der Waals surface area contributed by atoms with Gasteiger partial charge in [-0.1, -0.05) is 36.2 Å². The highest BCUT2D eigenvalue weighted by Gasteiger charge is 2.35. The smallest absolute Gasteiger partial charge is 0.0844 e. The van der Waals surface area contributed by atoms with Crippen LogP contribution in [0.2, 0.25) is 10.0 Å². The number of ether oxygens (including phenoxy) is 1. The third kappa shape index (κ3) is 2.66. The lowest BCUT2D eigenvalue weighted by atomic mass is 9.95. The first-order valence-electron chi connectivity index (χ1n) is 5.18. The first kappa shape index (κ1) is 11.3. The molecule has 2 rings (SSSR count). The van der Waals surface area contributed by atoms with Gasteiger partial charge in [-0.05, 0) is 37.0 Å². The molecular formula is C12H14Cl2O. The summed E-state index contributed by atoms with van der Waals surface area (Å²) in [6.07, 6.45) is 1.85. The predicted molar refractivity (Wildman–Crippen MR) is 63.8 cm³/mol. The second-order valence-corrected chi connectivity index (χ2v) is 5.03. The first-order chi connectivity index (χ1) is 7.08. The summed E-state index contributed by atoms with van der Waals surface area (Å²) in [4.78, 5) is 0. The van der Waals surface area contributed by atoms with Crippen LogP contribution in [0.1, 0.15) is 31.7 Å². The molecule has 0 N–H and O–H groups in total. The van der Waals surface area contributed by atoms with Crippen molar-refractivity contribution in [3.63, 3.8) is 0 Å². The van der Waals surface area contributed by atoms with Crippen molar-refractivity contribution in [2.45, 2.75) is 38.4 Å². The van der Waals surface area contributed by atoms with Crippen molar-refractivity contribution in [1.29, 1.82) is 0 Å². The van der Waals surface area contributed by atoms with Crippen LogP contribution < -0.4 is 0 Å². The van der Waals surface area contributed by atoms with Crippen LogP contribution in [-0.2, 0) is 4.74 Å². The Morgan fingerprint density at radius 2 is 2.07 bits per heavy atom. The predicted octanol–water partition coefficient (Wildman–Crippen LogP) is 4.27. The minimum absolute atomic E-state index is 0.409. The molecular weight excluding hydrogens is 231 g/mol. The van der Waals surface area contributed by atoms with Crippen LogP contribution in [0.25, 0.3) is 0 Å². The maximum absolute atomic E-state index is 6.14. The molecule has 0 bridgehead atoms. The van der Waals surface area contributed by atoms with Gasteiger partial charge in [-0.3, -0.25) is 0 Å². The zero-order valence-electron chi connectivity index (χ0n) is 8.84. The Morgan fingerprint density at radius 1 is 1.40 bits per heavy atom. The summed E-state index contributed by atoms with van der Waals surface area (Å²) < 4.78 is 5.40. The van der Waals surface area contributed by atoms with Crippen molar-refractivity contribution >= 4 is 23.2 Å². The van der Waals surface area contributed by atoms with E-state index in [1.54, 1.807) is 6.07 Å². The van der Waals surface area contributed by atoms with E-state index in [1.807, 2.05) is 12.1 Å². The lowest BCUT2D eigenvalue weighted by molar-refractivity contribution is 0.362. The maximum atomic E-state index is 6.14. The molecule has 1 aromatic carbocycles. The van der Waals surface area contributed by atoms with Gasteiger partial charge in [0.05, 0.1) is 12.2 Å². The Morgan fingerprint density at radius 3 is 2.60 bits per heavy atom. The molecule has 3 heteroatoms. The Labute approximate surface area is 100 Å². The topological polar surface area (TPSA) is 12.5 Å². The number of hydrogen-bond donors (Lipinski definition) is 0. The number of benzene rings is 1. The number of hydrogen-bond acceptors (Lipinski definition) is 1. The normalized spacial score (nSPS) is 26.4. The summed E-state index contributed by atoms with van der Waals surface area (Å²) in [6, 6.07) is 5.69. The largest absolute Gasteiger partial charge is 0.370 e. The van der Waals surface area contributed by atoms with E-state index < -0.39 is 0 Å². The molecule has 1 saturated heterocycles. The van der Waals surface area contributed by atoms with Gasteiger partial charge in [-0.25, -0.2) is 0 Å². The molecule has 0 saturated carbocycles. The van der Waals surface area contributed by atoms with Gasteiger partial charge in [-0.2, -0.15) is 0 Å². The summed E-state index contributed by atoms with van der Waals surface area (Å²) in [7, 11) is 0. The van der Waals surface area contributed by atoms with Gasteiger partial charge in [0.25, 0.3) is 0 Å². The maximum Gasteiger partial charge on any atom is 0.0844 e. The zero-order chi connectivity index (χ0) is 11.0. The number of epoxide rings is 1. The van der Waals surface area contributed by atoms with Gasteiger partial charge >= 0.3 is 0 Å². The van der Waals surface area contributed by atoms with E-state index in [-0.39, 0.29) is 0 Å². The molecule has 1 aliphatic rings. The summed E-state index contributed by atoms with van der Waals surface area (Å²) >= 11 is 12.0. The van der Waals surface area contributed by atoms with E-state index in [9.17, 15) is 0 Å². The van der Waals surface area contributed by atoms with Crippen molar-refractivity contribution in [3.8, 4) is 0 Å². The number of halogens is 2. The third-order valence-electron chi connectivity index (χ3n) is 2.92. The van der Waals surface area contributed by atoms with Gasteiger partial charge in [0.15, 0.2) is 0 Å². The molecule has 0 amide bonds. The van der Waals surface area contributed by atoms with Crippen molar-refractivity contribution in [2.24, 2.45) is 0 Å². The third-order valence-corrected chi connectivity index (χ3v) is 3.48. The molecule has 1 heterocycles. The SMILES string of the molecule is CC(CC1OC1C)c1ccc(Cl)cc1Cl. The van der Waals surface area contributed by atoms with E-state index in [0.717, 1.165) is 17.0 Å². The highest BCUT2D eigenvalue weighted by molar-refractivity contribution is 6.35. The minimum Gasteiger partial charge on any atom is -0.370 e. The summed E-state index contributed by atoms with van der Waals surface area (Å²) in [5.41, 5.74) is 1.16. The van der Waals surface area contributed by atoms with Crippen molar-refractivity contribution in [3.05, 3.63) is 33.8 Å². The fraction of sp³-hybridized carbons (Fsp3) is 0.500. The van der Waals surface area contributed by atoms with Crippen LogP contribution in [0, 0.1) is 0 Å². The molecule has 1 aromatic rings. The number of rotatable bonds is 3. The summed E-state index contributed by atoms with van der Waals surface area (Å²) in [5, 5.41) is 1.44. The molecule has 1 fully saturated rings. The van der Waals surface area contributed by atoms with Crippen LogP contribution in [0.4, 0.5) is 0 Å². The van der Waals surface area contributed by atoms with Crippen LogP contribution in [-0.4, -0.2) is 12.2 Å². The lowest BCUT2D eigenvalue weighted by Gasteiger charge is -2.12. The molecule has 0 aliphatic carbocycles. The molecule has 0 aromatic heterocycles. The fourth-order valence-electron chi connectivity index (χ4n) is 1.85. The first-order valence-corrected chi connectivity index (χ1v) is 5.94. The van der Waals surface area contributed by atoms with Gasteiger partial charge in [-0.15, -0.1) is 0 Å². The van der Waals surface area contributed by atoms with E-state index in [1.165, 1.54) is 0 Å². The van der Waals surface area contributed by atoms with Crippen LogP contribution >= 0.6 is 23.2 Å². The highest BCUT2D eigenvalue weighted by Crippen LogP contribution is 2.35. The van der Waals surface area contributed by atoms with Crippen molar-refractivity contribution in [2.75, 3.05) is 0 Å². The molecule has 1 nitrogen and oxygen atoms in total. The standard InChI is InChI=1S/C12H14Cl2O/c1-7(5-12-8(2)15-12)10-4-3-9(13)6-11(10)14/h3-4,6-8,12H,5H2,1-2H3. The van der Waals surface area contributed by atoms with Crippen molar-refractivity contribution < 1.29 is 4.74 Å². The van der Waals surface area contributed by atoms with Gasteiger partial charge in [0, 0.05) is 10.0 Å². The molecule has 1 aliphatic heterocycles. The lowest BCUT2D eigenvalue weighted by Crippen LogP contribution is -2.00. The van der Waals surface area contributed by atoms with E-state index in [2.05, 4.69) is 13.8 Å². The molecule has 3 atom stereocenters.